The topological polar surface area (TPSA) is 65.0 Å². The molecule has 1 aromatic rings. The zero-order valence-corrected chi connectivity index (χ0v) is 14.9. The molecule has 5 heteroatoms. The number of carbonyl (C=O) groups is 1. The number of aliphatic hydroxyl groups excluding tert-OH is 1. The summed E-state index contributed by atoms with van der Waals surface area (Å²) in [5, 5.41) is 10.1. The molecule has 1 saturated heterocycles. The molecule has 0 bridgehead atoms. The number of methoxy groups -OCH3 is 1. The van der Waals surface area contributed by atoms with Crippen LogP contribution in [-0.2, 0) is 19.0 Å². The number of hydrogen-bond acceptors (Lipinski definition) is 5. The number of aliphatic hydroxyl groups is 1. The second-order valence-corrected chi connectivity index (χ2v) is 6.40. The first kappa shape index (κ1) is 18.6. The number of benzene rings is 1. The molecule has 138 valence electrons. The number of hydrogen-bond donors (Lipinski definition) is 1. The number of rotatable bonds is 5. The minimum Gasteiger partial charge on any atom is -0.507 e. The fourth-order valence-electron chi connectivity index (χ4n) is 3.01. The fraction of sp³-hybridized carbons (Fsp3) is 0.381. The third-order valence-corrected chi connectivity index (χ3v) is 4.55. The molecule has 2 aliphatic rings. The molecule has 0 saturated carbocycles. The molecule has 1 aliphatic carbocycles. The van der Waals surface area contributed by atoms with Crippen molar-refractivity contribution in [1.82, 2.24) is 0 Å². The molecule has 2 atom stereocenters. The van der Waals surface area contributed by atoms with E-state index in [2.05, 4.69) is 0 Å². The average Bonchev–Trinajstić information content (AvgIpc) is 2.68. The number of carbonyl (C=O) groups excluding carboxylic acids is 1. The maximum Gasteiger partial charge on any atom is 0.198 e. The lowest BCUT2D eigenvalue weighted by atomic mass is 9.94. The summed E-state index contributed by atoms with van der Waals surface area (Å²) < 4.78 is 17.0. The largest absolute Gasteiger partial charge is 0.507 e. The zero-order valence-electron chi connectivity index (χ0n) is 14.9. The minimum atomic E-state index is -1.10. The van der Waals surface area contributed by atoms with E-state index in [9.17, 15) is 9.90 Å². The molecule has 0 amide bonds. The number of ether oxygens (including phenoxy) is 3. The third kappa shape index (κ3) is 4.49. The Hall–Kier alpha value is -2.21. The van der Waals surface area contributed by atoms with Crippen LogP contribution in [0.2, 0.25) is 0 Å². The monoisotopic (exact) mass is 356 g/mol. The van der Waals surface area contributed by atoms with Crippen LogP contribution in [0, 0.1) is 0 Å². The number of allylic oxidation sites excluding steroid dienone is 4. The molecule has 3 rings (SSSR count). The van der Waals surface area contributed by atoms with Gasteiger partial charge in [-0.3, -0.25) is 4.79 Å². The van der Waals surface area contributed by atoms with Crippen molar-refractivity contribution in [3.8, 4) is 0 Å². The highest BCUT2D eigenvalue weighted by molar-refractivity contribution is 6.00. The van der Waals surface area contributed by atoms with E-state index in [0.29, 0.717) is 17.7 Å². The Morgan fingerprint density at radius 1 is 1.31 bits per heavy atom. The predicted molar refractivity (Wildman–Crippen MR) is 98.3 cm³/mol. The lowest BCUT2D eigenvalue weighted by molar-refractivity contribution is -0.286. The Balaban J connectivity index is 1.73. The van der Waals surface area contributed by atoms with E-state index in [-0.39, 0.29) is 24.3 Å². The SMILES string of the molecule is COC1(OC2CCCCO2)C=CC(=CC=C(O)c2ccccc2)C(=O)C1. The van der Waals surface area contributed by atoms with Gasteiger partial charge >= 0.3 is 0 Å². The van der Waals surface area contributed by atoms with Gasteiger partial charge in [0.15, 0.2) is 17.9 Å². The van der Waals surface area contributed by atoms with Crippen LogP contribution >= 0.6 is 0 Å². The van der Waals surface area contributed by atoms with Crippen molar-refractivity contribution in [3.63, 3.8) is 0 Å². The van der Waals surface area contributed by atoms with E-state index in [1.807, 2.05) is 18.2 Å². The highest BCUT2D eigenvalue weighted by Crippen LogP contribution is 2.31. The minimum absolute atomic E-state index is 0.0750. The molecule has 5 nitrogen and oxygen atoms in total. The van der Waals surface area contributed by atoms with Crippen LogP contribution in [-0.4, -0.2) is 36.7 Å². The molecule has 0 spiro atoms. The number of Topliss-reactive ketones (excluding diaryl/α,β-unsaturated/α-hetero) is 1. The van der Waals surface area contributed by atoms with Crippen LogP contribution in [0.5, 0.6) is 0 Å². The van der Waals surface area contributed by atoms with Gasteiger partial charge in [0.05, 0.1) is 6.42 Å². The molecule has 1 aromatic carbocycles. The molecule has 1 fully saturated rings. The van der Waals surface area contributed by atoms with Crippen molar-refractivity contribution in [1.29, 1.82) is 0 Å². The second kappa shape index (κ2) is 8.45. The van der Waals surface area contributed by atoms with Crippen LogP contribution < -0.4 is 0 Å². The normalized spacial score (nSPS) is 28.5. The molecule has 1 heterocycles. The van der Waals surface area contributed by atoms with Crippen LogP contribution in [0.4, 0.5) is 0 Å². The molecule has 26 heavy (non-hydrogen) atoms. The molecule has 2 unspecified atom stereocenters. The Labute approximate surface area is 153 Å². The summed E-state index contributed by atoms with van der Waals surface area (Å²) in [5.41, 5.74) is 1.19. The molecule has 0 radical (unpaired) electrons. The van der Waals surface area contributed by atoms with Gasteiger partial charge < -0.3 is 19.3 Å². The summed E-state index contributed by atoms with van der Waals surface area (Å²) in [6.07, 6.45) is 9.13. The van der Waals surface area contributed by atoms with Gasteiger partial charge in [-0.15, -0.1) is 0 Å². The Morgan fingerprint density at radius 2 is 2.12 bits per heavy atom. The highest BCUT2D eigenvalue weighted by Gasteiger charge is 2.38. The third-order valence-electron chi connectivity index (χ3n) is 4.55. The second-order valence-electron chi connectivity index (χ2n) is 6.40. The van der Waals surface area contributed by atoms with E-state index in [1.54, 1.807) is 30.4 Å². The Bertz CT molecular complexity index is 713. The quantitative estimate of drug-likeness (QED) is 0.492. The lowest BCUT2D eigenvalue weighted by Gasteiger charge is -2.36. The van der Waals surface area contributed by atoms with Gasteiger partial charge in [-0.05, 0) is 37.5 Å². The van der Waals surface area contributed by atoms with Gasteiger partial charge in [0.1, 0.15) is 5.76 Å². The van der Waals surface area contributed by atoms with E-state index >= 15 is 0 Å². The van der Waals surface area contributed by atoms with Crippen LogP contribution in [0.1, 0.15) is 31.2 Å². The van der Waals surface area contributed by atoms with E-state index in [4.69, 9.17) is 14.2 Å². The van der Waals surface area contributed by atoms with E-state index < -0.39 is 5.79 Å². The molecule has 1 N–H and O–H groups in total. The lowest BCUT2D eigenvalue weighted by Crippen LogP contribution is -2.42. The summed E-state index contributed by atoms with van der Waals surface area (Å²) in [4.78, 5) is 12.5. The first-order valence-corrected chi connectivity index (χ1v) is 8.85. The van der Waals surface area contributed by atoms with Crippen LogP contribution in [0.15, 0.2) is 60.2 Å². The Morgan fingerprint density at radius 3 is 2.77 bits per heavy atom. The standard InChI is InChI=1S/C21H24O5/c1-24-21(26-20-9-5-6-14-25-20)13-12-17(19(23)15-21)10-11-18(22)16-7-3-2-4-8-16/h2-4,7-8,10-13,20,22H,5-6,9,14-15H2,1H3. The van der Waals surface area contributed by atoms with Gasteiger partial charge in [-0.2, -0.15) is 0 Å². The maximum atomic E-state index is 12.5. The fourth-order valence-corrected chi connectivity index (χ4v) is 3.01. The van der Waals surface area contributed by atoms with Crippen molar-refractivity contribution >= 4 is 11.5 Å². The van der Waals surface area contributed by atoms with Crippen LogP contribution in [0.3, 0.4) is 0 Å². The zero-order chi connectivity index (χ0) is 18.4. The predicted octanol–water partition coefficient (Wildman–Crippen LogP) is 3.93. The van der Waals surface area contributed by atoms with Gasteiger partial charge in [-0.1, -0.05) is 36.4 Å². The van der Waals surface area contributed by atoms with Gasteiger partial charge in [0, 0.05) is 24.9 Å². The summed E-state index contributed by atoms with van der Waals surface area (Å²) in [6, 6.07) is 9.17. The van der Waals surface area contributed by atoms with E-state index in [1.165, 1.54) is 13.2 Å². The van der Waals surface area contributed by atoms with Gasteiger partial charge in [0.2, 0.25) is 0 Å². The molecular weight excluding hydrogens is 332 g/mol. The van der Waals surface area contributed by atoms with Crippen molar-refractivity contribution < 1.29 is 24.1 Å². The first-order valence-electron chi connectivity index (χ1n) is 8.85. The highest BCUT2D eigenvalue weighted by atomic mass is 16.8. The summed E-state index contributed by atoms with van der Waals surface area (Å²) in [5.74, 6) is -1.10. The Kier molecular flexibility index (Phi) is 6.04. The van der Waals surface area contributed by atoms with Crippen LogP contribution in [0.25, 0.3) is 5.76 Å². The maximum absolute atomic E-state index is 12.5. The van der Waals surface area contributed by atoms with Crippen molar-refractivity contribution in [2.24, 2.45) is 0 Å². The van der Waals surface area contributed by atoms with Crippen molar-refractivity contribution in [3.05, 3.63) is 65.8 Å². The number of ketones is 1. The summed E-state index contributed by atoms with van der Waals surface area (Å²) in [6.45, 7) is 0.664. The van der Waals surface area contributed by atoms with E-state index in [0.717, 1.165) is 19.3 Å². The summed E-state index contributed by atoms with van der Waals surface area (Å²) in [7, 11) is 1.52. The van der Waals surface area contributed by atoms with Crippen molar-refractivity contribution in [2.75, 3.05) is 13.7 Å². The molecular formula is C21H24O5. The average molecular weight is 356 g/mol. The molecule has 1 aliphatic heterocycles. The first-order chi connectivity index (χ1) is 12.6. The van der Waals surface area contributed by atoms with Crippen molar-refractivity contribution in [2.45, 2.75) is 37.8 Å². The van der Waals surface area contributed by atoms with Gasteiger partial charge in [0.25, 0.3) is 0 Å². The summed E-state index contributed by atoms with van der Waals surface area (Å²) >= 11 is 0. The van der Waals surface area contributed by atoms with Gasteiger partial charge in [-0.25, -0.2) is 0 Å². The molecule has 0 aromatic heterocycles. The smallest absolute Gasteiger partial charge is 0.198 e.